The molecule has 0 amide bonds. The number of benzene rings is 2. The molecule has 0 radical (unpaired) electrons. The van der Waals surface area contributed by atoms with Crippen molar-refractivity contribution in [2.75, 3.05) is 5.32 Å². The van der Waals surface area contributed by atoms with Gasteiger partial charge in [0.1, 0.15) is 6.29 Å². The van der Waals surface area contributed by atoms with Crippen LogP contribution in [0.15, 0.2) is 54.7 Å². The van der Waals surface area contributed by atoms with Crippen LogP contribution in [0.5, 0.6) is 0 Å². The zero-order chi connectivity index (χ0) is 14.7. The van der Waals surface area contributed by atoms with Crippen LogP contribution in [0.3, 0.4) is 0 Å². The minimum absolute atomic E-state index is 0.694. The molecular weight excluding hydrogens is 262 g/mol. The Morgan fingerprint density at radius 1 is 1.05 bits per heavy atom. The molecule has 4 heteroatoms. The molecule has 0 atom stereocenters. The zero-order valence-electron chi connectivity index (χ0n) is 11.6. The first-order chi connectivity index (χ1) is 10.3. The Balaban J connectivity index is 2.02. The molecule has 0 fully saturated rings. The fraction of sp³-hybridized carbons (Fsp3) is 0.0588. The minimum atomic E-state index is 0.694. The van der Waals surface area contributed by atoms with Crippen LogP contribution in [0.25, 0.3) is 11.3 Å². The number of hydrogen-bond donors (Lipinski definition) is 2. The Kier molecular flexibility index (Phi) is 3.51. The average Bonchev–Trinajstić information content (AvgIpc) is 3.04. The van der Waals surface area contributed by atoms with Crippen LogP contribution in [0, 0.1) is 6.92 Å². The van der Waals surface area contributed by atoms with E-state index in [0.29, 0.717) is 5.56 Å². The van der Waals surface area contributed by atoms with Gasteiger partial charge in [-0.1, -0.05) is 30.3 Å². The molecule has 0 saturated heterocycles. The summed E-state index contributed by atoms with van der Waals surface area (Å²) in [5, 5.41) is 10.4. The fourth-order valence-corrected chi connectivity index (χ4v) is 2.29. The minimum Gasteiger partial charge on any atom is -0.355 e. The number of carbonyl (C=O) groups excluding carboxylic acids is 1. The molecule has 1 aromatic heterocycles. The summed E-state index contributed by atoms with van der Waals surface area (Å²) in [5.41, 5.74) is 5.50. The highest BCUT2D eigenvalue weighted by Gasteiger charge is 2.08. The smallest absolute Gasteiger partial charge is 0.150 e. The highest BCUT2D eigenvalue weighted by Crippen LogP contribution is 2.30. The molecule has 0 aliphatic rings. The van der Waals surface area contributed by atoms with Crippen LogP contribution in [0.1, 0.15) is 15.9 Å². The zero-order valence-corrected chi connectivity index (χ0v) is 11.6. The molecule has 0 aliphatic carbocycles. The maximum Gasteiger partial charge on any atom is 0.150 e. The van der Waals surface area contributed by atoms with Crippen molar-refractivity contribution in [1.29, 1.82) is 0 Å². The number of hydrogen-bond acceptors (Lipinski definition) is 3. The van der Waals surface area contributed by atoms with E-state index in [4.69, 9.17) is 0 Å². The summed E-state index contributed by atoms with van der Waals surface area (Å²) >= 11 is 0. The predicted octanol–water partition coefficient (Wildman–Crippen LogP) is 3.94. The largest absolute Gasteiger partial charge is 0.355 e. The van der Waals surface area contributed by atoms with E-state index < -0.39 is 0 Å². The van der Waals surface area contributed by atoms with Gasteiger partial charge < -0.3 is 5.32 Å². The van der Waals surface area contributed by atoms with Crippen LogP contribution >= 0.6 is 0 Å². The van der Waals surface area contributed by atoms with Crippen molar-refractivity contribution in [1.82, 2.24) is 10.2 Å². The van der Waals surface area contributed by atoms with Crippen molar-refractivity contribution in [3.05, 3.63) is 65.9 Å². The number of anilines is 2. The van der Waals surface area contributed by atoms with Gasteiger partial charge in [0.2, 0.25) is 0 Å². The topological polar surface area (TPSA) is 57.8 Å². The lowest BCUT2D eigenvalue weighted by atomic mass is 10.1. The molecule has 0 unspecified atom stereocenters. The Morgan fingerprint density at radius 3 is 2.62 bits per heavy atom. The van der Waals surface area contributed by atoms with Gasteiger partial charge in [0, 0.05) is 28.7 Å². The van der Waals surface area contributed by atoms with Crippen LogP contribution < -0.4 is 5.32 Å². The third-order valence-electron chi connectivity index (χ3n) is 3.49. The number of H-pyrrole nitrogens is 1. The molecule has 21 heavy (non-hydrogen) atoms. The molecule has 3 rings (SSSR count). The first-order valence-corrected chi connectivity index (χ1v) is 6.70. The summed E-state index contributed by atoms with van der Waals surface area (Å²) in [7, 11) is 0. The number of rotatable bonds is 4. The van der Waals surface area contributed by atoms with Crippen molar-refractivity contribution < 1.29 is 4.79 Å². The number of para-hydroxylation sites is 1. The Bertz CT molecular complexity index is 763. The van der Waals surface area contributed by atoms with Crippen molar-refractivity contribution in [2.24, 2.45) is 0 Å². The Hall–Kier alpha value is -2.88. The summed E-state index contributed by atoms with van der Waals surface area (Å²) in [6.07, 6.45) is 2.60. The van der Waals surface area contributed by atoms with Crippen molar-refractivity contribution >= 4 is 17.7 Å². The van der Waals surface area contributed by atoms with Gasteiger partial charge in [-0.3, -0.25) is 9.89 Å². The summed E-state index contributed by atoms with van der Waals surface area (Å²) in [4.78, 5) is 11.0. The quantitative estimate of drug-likeness (QED) is 0.710. The third kappa shape index (κ3) is 2.56. The first kappa shape index (κ1) is 13.1. The number of aromatic nitrogens is 2. The van der Waals surface area contributed by atoms with Gasteiger partial charge in [-0.05, 0) is 30.7 Å². The fourth-order valence-electron chi connectivity index (χ4n) is 2.29. The van der Waals surface area contributed by atoms with Crippen LogP contribution in [-0.4, -0.2) is 16.5 Å². The second kappa shape index (κ2) is 5.63. The molecule has 0 bridgehead atoms. The molecule has 3 aromatic rings. The second-order valence-electron chi connectivity index (χ2n) is 4.78. The lowest BCUT2D eigenvalue weighted by Crippen LogP contribution is -1.98. The first-order valence-electron chi connectivity index (χ1n) is 6.70. The van der Waals surface area contributed by atoms with Crippen molar-refractivity contribution in [3.8, 4) is 11.3 Å². The van der Waals surface area contributed by atoms with Gasteiger partial charge in [0.25, 0.3) is 0 Å². The second-order valence-corrected chi connectivity index (χ2v) is 4.78. The van der Waals surface area contributed by atoms with E-state index in [9.17, 15) is 4.79 Å². The van der Waals surface area contributed by atoms with E-state index >= 15 is 0 Å². The van der Waals surface area contributed by atoms with E-state index in [1.807, 2.05) is 55.5 Å². The van der Waals surface area contributed by atoms with E-state index in [1.165, 1.54) is 0 Å². The van der Waals surface area contributed by atoms with E-state index in [-0.39, 0.29) is 0 Å². The molecule has 2 aromatic carbocycles. The Morgan fingerprint density at radius 2 is 1.86 bits per heavy atom. The SMILES string of the molecule is Cc1c(C=O)cccc1Nc1ccccc1-c1ccn[nH]1. The average molecular weight is 277 g/mol. The van der Waals surface area contributed by atoms with Gasteiger partial charge in [-0.2, -0.15) is 5.10 Å². The lowest BCUT2D eigenvalue weighted by molar-refractivity contribution is 0.112. The molecular formula is C17H15N3O. The molecule has 2 N–H and O–H groups in total. The maximum absolute atomic E-state index is 11.0. The number of aromatic amines is 1. The van der Waals surface area contributed by atoms with Gasteiger partial charge >= 0.3 is 0 Å². The summed E-state index contributed by atoms with van der Waals surface area (Å²) in [6, 6.07) is 15.6. The van der Waals surface area contributed by atoms with E-state index in [0.717, 1.165) is 34.5 Å². The Labute approximate surface area is 122 Å². The standard InChI is InChI=1S/C17H15N3O/c1-12-13(11-21)5-4-8-15(12)19-16-7-3-2-6-14(16)17-9-10-18-20-17/h2-11,19H,1H3,(H,18,20). The maximum atomic E-state index is 11.0. The number of aldehydes is 1. The number of nitrogens with zero attached hydrogens (tertiary/aromatic N) is 1. The number of carbonyl (C=O) groups is 1. The van der Waals surface area contributed by atoms with Gasteiger partial charge in [-0.25, -0.2) is 0 Å². The molecule has 1 heterocycles. The highest BCUT2D eigenvalue weighted by atomic mass is 16.1. The van der Waals surface area contributed by atoms with E-state index in [2.05, 4.69) is 15.5 Å². The molecule has 104 valence electrons. The third-order valence-corrected chi connectivity index (χ3v) is 3.49. The predicted molar refractivity (Wildman–Crippen MR) is 83.9 cm³/mol. The highest BCUT2D eigenvalue weighted by molar-refractivity contribution is 5.84. The van der Waals surface area contributed by atoms with E-state index in [1.54, 1.807) is 6.20 Å². The molecule has 0 aliphatic heterocycles. The van der Waals surface area contributed by atoms with Crippen LogP contribution in [-0.2, 0) is 0 Å². The van der Waals surface area contributed by atoms with Gasteiger partial charge in [-0.15, -0.1) is 0 Å². The molecule has 0 saturated carbocycles. The molecule has 0 spiro atoms. The number of nitrogens with one attached hydrogen (secondary N) is 2. The lowest BCUT2D eigenvalue weighted by Gasteiger charge is -2.14. The van der Waals surface area contributed by atoms with Gasteiger partial charge in [0.15, 0.2) is 0 Å². The summed E-state index contributed by atoms with van der Waals surface area (Å²) < 4.78 is 0. The van der Waals surface area contributed by atoms with Gasteiger partial charge in [0.05, 0.1) is 5.69 Å². The molecule has 4 nitrogen and oxygen atoms in total. The van der Waals surface area contributed by atoms with Crippen LogP contribution in [0.2, 0.25) is 0 Å². The van der Waals surface area contributed by atoms with Crippen molar-refractivity contribution in [3.63, 3.8) is 0 Å². The van der Waals surface area contributed by atoms with Crippen molar-refractivity contribution in [2.45, 2.75) is 6.92 Å². The monoisotopic (exact) mass is 277 g/mol. The summed E-state index contributed by atoms with van der Waals surface area (Å²) in [5.74, 6) is 0. The summed E-state index contributed by atoms with van der Waals surface area (Å²) in [6.45, 7) is 1.94. The van der Waals surface area contributed by atoms with Crippen LogP contribution in [0.4, 0.5) is 11.4 Å². The normalized spacial score (nSPS) is 10.3.